The van der Waals surface area contributed by atoms with E-state index in [-0.39, 0.29) is 29.6 Å². The minimum absolute atomic E-state index is 0.0497. The van der Waals surface area contributed by atoms with Crippen molar-refractivity contribution in [3.8, 4) is 0 Å². The van der Waals surface area contributed by atoms with Crippen LogP contribution in [0.25, 0.3) is 0 Å². The second-order valence-corrected chi connectivity index (χ2v) is 7.98. The second-order valence-electron chi connectivity index (χ2n) is 6.69. The topological polar surface area (TPSA) is 168 Å². The number of aliphatic imine (C=N–C) groups is 1. The number of anilines is 1. The van der Waals surface area contributed by atoms with Crippen molar-refractivity contribution < 1.29 is 31.4 Å². The van der Waals surface area contributed by atoms with Crippen LogP contribution in [0, 0.1) is 0 Å². The molecule has 0 spiro atoms. The molecule has 1 aliphatic rings. The molecule has 11 nitrogen and oxygen atoms in total. The number of nitrogens with one attached hydrogen (secondary N) is 3. The Hall–Kier alpha value is -2.75. The first-order valence-electron chi connectivity index (χ1n) is 8.56. The van der Waals surface area contributed by atoms with Crippen molar-refractivity contribution >= 4 is 27.6 Å². The molecule has 0 atom stereocenters. The number of hydroxylamine groups is 1. The van der Waals surface area contributed by atoms with Crippen LogP contribution in [0.2, 0.25) is 0 Å². The normalized spacial score (nSPS) is 16.4. The van der Waals surface area contributed by atoms with Gasteiger partial charge in [0.05, 0.1) is 11.3 Å². The fourth-order valence-corrected chi connectivity index (χ4v) is 3.66. The summed E-state index contributed by atoms with van der Waals surface area (Å²) in [5.74, 6) is -0.254. The van der Waals surface area contributed by atoms with Crippen molar-refractivity contribution in [2.75, 3.05) is 11.9 Å². The van der Waals surface area contributed by atoms with Crippen LogP contribution in [-0.2, 0) is 16.4 Å². The van der Waals surface area contributed by atoms with Crippen molar-refractivity contribution in [3.63, 3.8) is 0 Å². The van der Waals surface area contributed by atoms with E-state index in [1.807, 2.05) is 0 Å². The molecule has 6 N–H and O–H groups in total. The van der Waals surface area contributed by atoms with Gasteiger partial charge in [-0.2, -0.15) is 26.3 Å². The molecule has 0 saturated heterocycles. The van der Waals surface area contributed by atoms with Gasteiger partial charge in [-0.05, 0) is 47.8 Å². The standard InChI is InChI=1S/C15H18F3N7O4S/c16-15(17,18)9-2-1-3-10(8-9)21-13(22-26)11-12(24-29-23-11)20-7-6-14(4-5-14)25-30(19,27)28/h1-3,8,25-26H,4-7H2,(H,20,24)(H,21,22)(H2,19,27,28). The number of alkyl halides is 3. The molecule has 0 radical (unpaired) electrons. The highest BCUT2D eigenvalue weighted by Crippen LogP contribution is 2.39. The maximum Gasteiger partial charge on any atom is 0.416 e. The van der Waals surface area contributed by atoms with E-state index in [0.717, 1.165) is 12.1 Å². The Morgan fingerprint density at radius 1 is 1.33 bits per heavy atom. The zero-order chi connectivity index (χ0) is 22.0. The van der Waals surface area contributed by atoms with Crippen molar-refractivity contribution in [1.29, 1.82) is 0 Å². The number of hydrogen-bond donors (Lipinski definition) is 5. The number of amidine groups is 1. The first-order valence-corrected chi connectivity index (χ1v) is 10.1. The number of rotatable bonds is 8. The molecule has 15 heteroatoms. The van der Waals surface area contributed by atoms with Gasteiger partial charge in [0.1, 0.15) is 0 Å². The fourth-order valence-electron chi connectivity index (χ4n) is 2.75. The summed E-state index contributed by atoms with van der Waals surface area (Å²) in [5, 5.41) is 24.4. The van der Waals surface area contributed by atoms with E-state index in [1.54, 1.807) is 5.48 Å². The van der Waals surface area contributed by atoms with Gasteiger partial charge < -0.3 is 5.32 Å². The Labute approximate surface area is 168 Å². The maximum absolute atomic E-state index is 12.9. The number of benzene rings is 1. The second kappa shape index (κ2) is 8.17. The van der Waals surface area contributed by atoms with Gasteiger partial charge in [-0.15, -0.1) is 0 Å². The molecular weight excluding hydrogens is 431 g/mol. The van der Waals surface area contributed by atoms with E-state index < -0.39 is 27.5 Å². The molecule has 30 heavy (non-hydrogen) atoms. The van der Waals surface area contributed by atoms with Crippen LogP contribution in [0.3, 0.4) is 0 Å². The van der Waals surface area contributed by atoms with Crippen molar-refractivity contribution in [3.05, 3.63) is 35.5 Å². The molecule has 0 unspecified atom stereocenters. The number of hydrogen-bond acceptors (Lipinski definition) is 8. The maximum atomic E-state index is 12.9. The molecule has 0 bridgehead atoms. The third-order valence-corrected chi connectivity index (χ3v) is 5.06. The van der Waals surface area contributed by atoms with Crippen molar-refractivity contribution in [1.82, 2.24) is 20.5 Å². The molecule has 1 heterocycles. The van der Waals surface area contributed by atoms with E-state index in [2.05, 4.69) is 30.0 Å². The number of nitrogens with zero attached hydrogens (tertiary/aromatic N) is 3. The van der Waals surface area contributed by atoms with Crippen LogP contribution in [-0.4, -0.2) is 41.9 Å². The molecule has 0 aliphatic heterocycles. The lowest BCUT2D eigenvalue weighted by molar-refractivity contribution is -0.137. The first-order chi connectivity index (χ1) is 14.0. The molecule has 1 aromatic heterocycles. The van der Waals surface area contributed by atoms with E-state index in [9.17, 15) is 26.8 Å². The third-order valence-electron chi connectivity index (χ3n) is 4.34. The minimum atomic E-state index is -4.55. The SMILES string of the molecule is NS(=O)(=O)NC1(CCNc2nonc2C(=Nc2cccc(C(F)(F)F)c2)NO)CC1. The zero-order valence-corrected chi connectivity index (χ0v) is 16.1. The molecule has 2 aromatic rings. The Morgan fingerprint density at radius 2 is 2.07 bits per heavy atom. The van der Waals surface area contributed by atoms with E-state index >= 15 is 0 Å². The van der Waals surface area contributed by atoms with E-state index in [0.29, 0.717) is 19.3 Å². The average Bonchev–Trinajstić information content (AvgIpc) is 3.22. The van der Waals surface area contributed by atoms with Gasteiger partial charge in [0.15, 0.2) is 11.5 Å². The van der Waals surface area contributed by atoms with Crippen LogP contribution in [0.5, 0.6) is 0 Å². The summed E-state index contributed by atoms with van der Waals surface area (Å²) in [7, 11) is -3.84. The molecule has 1 aliphatic carbocycles. The smallest absolute Gasteiger partial charge is 0.365 e. The van der Waals surface area contributed by atoms with Crippen molar-refractivity contribution in [2.45, 2.75) is 31.0 Å². The van der Waals surface area contributed by atoms with Gasteiger partial charge in [0.25, 0.3) is 10.2 Å². The molecular formula is C15H18F3N7O4S. The monoisotopic (exact) mass is 449 g/mol. The first kappa shape index (κ1) is 21.9. The number of aromatic nitrogens is 2. The summed E-state index contributed by atoms with van der Waals surface area (Å²) in [6, 6.07) is 4.17. The molecule has 3 rings (SSSR count). The predicted molar refractivity (Wildman–Crippen MR) is 98.2 cm³/mol. The summed E-state index contributed by atoms with van der Waals surface area (Å²) in [5.41, 5.74) is 0.0382. The van der Waals surface area contributed by atoms with Gasteiger partial charge in [0.2, 0.25) is 5.82 Å². The lowest BCUT2D eigenvalue weighted by Crippen LogP contribution is -2.42. The summed E-state index contributed by atoms with van der Waals surface area (Å²) >= 11 is 0. The Morgan fingerprint density at radius 3 is 2.67 bits per heavy atom. The molecule has 1 aromatic carbocycles. The van der Waals surface area contributed by atoms with Crippen LogP contribution in [0.1, 0.15) is 30.5 Å². The van der Waals surface area contributed by atoms with Crippen molar-refractivity contribution in [2.24, 2.45) is 10.1 Å². The third kappa shape index (κ3) is 5.65. The fraction of sp³-hybridized carbons (Fsp3) is 0.400. The highest BCUT2D eigenvalue weighted by atomic mass is 32.2. The lowest BCUT2D eigenvalue weighted by Gasteiger charge is -2.15. The van der Waals surface area contributed by atoms with Crippen LogP contribution in [0.15, 0.2) is 33.9 Å². The van der Waals surface area contributed by atoms with Gasteiger partial charge in [-0.1, -0.05) is 6.07 Å². The predicted octanol–water partition coefficient (Wildman–Crippen LogP) is 1.27. The molecule has 1 saturated carbocycles. The summed E-state index contributed by atoms with van der Waals surface area (Å²) in [6.07, 6.45) is -2.93. The molecule has 1 fully saturated rings. The largest absolute Gasteiger partial charge is 0.416 e. The van der Waals surface area contributed by atoms with E-state index in [4.69, 9.17) is 5.14 Å². The lowest BCUT2D eigenvalue weighted by atomic mass is 10.2. The number of nitrogens with two attached hydrogens (primary N) is 1. The van der Waals surface area contributed by atoms with Crippen LogP contribution < -0.4 is 20.7 Å². The summed E-state index contributed by atoms with van der Waals surface area (Å²) in [4.78, 5) is 3.92. The molecule has 0 amide bonds. The zero-order valence-electron chi connectivity index (χ0n) is 15.3. The van der Waals surface area contributed by atoms with Crippen LogP contribution >= 0.6 is 0 Å². The number of halogens is 3. The van der Waals surface area contributed by atoms with Gasteiger partial charge >= 0.3 is 6.18 Å². The van der Waals surface area contributed by atoms with E-state index in [1.165, 1.54) is 12.1 Å². The van der Waals surface area contributed by atoms with Crippen LogP contribution in [0.4, 0.5) is 24.7 Å². The quantitative estimate of drug-likeness (QED) is 0.228. The summed E-state index contributed by atoms with van der Waals surface area (Å²) < 4.78 is 68.0. The Kier molecular flexibility index (Phi) is 5.98. The summed E-state index contributed by atoms with van der Waals surface area (Å²) in [6.45, 7) is 0.242. The Bertz CT molecular complexity index is 1030. The highest BCUT2D eigenvalue weighted by molar-refractivity contribution is 7.87. The molecule has 164 valence electrons. The van der Waals surface area contributed by atoms with Gasteiger partial charge in [-0.25, -0.2) is 14.8 Å². The highest BCUT2D eigenvalue weighted by Gasteiger charge is 2.44. The average molecular weight is 449 g/mol. The van der Waals surface area contributed by atoms with Gasteiger partial charge in [-0.3, -0.25) is 10.7 Å². The minimum Gasteiger partial charge on any atom is -0.365 e. The Balaban J connectivity index is 1.72. The van der Waals surface area contributed by atoms with Gasteiger partial charge in [0, 0.05) is 12.1 Å².